The summed E-state index contributed by atoms with van der Waals surface area (Å²) in [4.78, 5) is 38.6. The summed E-state index contributed by atoms with van der Waals surface area (Å²) in [5.41, 5.74) is 2.59. The Bertz CT molecular complexity index is 909. The molecule has 1 aliphatic heterocycles. The fraction of sp³-hybridized carbons (Fsp3) is 0.348. The van der Waals surface area contributed by atoms with E-state index < -0.39 is 18.5 Å². The summed E-state index contributed by atoms with van der Waals surface area (Å²) in [5.74, 6) is -0.724. The molecular formula is C23H26N2O4. The van der Waals surface area contributed by atoms with Crippen LogP contribution < -0.4 is 10.2 Å². The molecule has 3 rings (SSSR count). The molecule has 6 heteroatoms. The Morgan fingerprint density at radius 2 is 1.86 bits per heavy atom. The molecule has 1 aliphatic rings. The van der Waals surface area contributed by atoms with Crippen LogP contribution in [0.5, 0.6) is 0 Å². The smallest absolute Gasteiger partial charge is 0.340 e. The number of hydrogen-bond donors (Lipinski definition) is 1. The second kappa shape index (κ2) is 9.37. The molecule has 0 radical (unpaired) electrons. The number of amides is 2. The van der Waals surface area contributed by atoms with Crippen molar-refractivity contribution in [1.82, 2.24) is 0 Å². The highest BCUT2D eigenvalue weighted by Crippen LogP contribution is 2.27. The lowest BCUT2D eigenvalue weighted by Gasteiger charge is -2.19. The topological polar surface area (TPSA) is 75.7 Å². The van der Waals surface area contributed by atoms with Crippen molar-refractivity contribution in [1.29, 1.82) is 0 Å². The Hall–Kier alpha value is -3.15. The van der Waals surface area contributed by atoms with E-state index in [-0.39, 0.29) is 11.5 Å². The first-order chi connectivity index (χ1) is 14.0. The number of anilines is 2. The van der Waals surface area contributed by atoms with Crippen molar-refractivity contribution >= 4 is 29.2 Å². The lowest BCUT2D eigenvalue weighted by atomic mass is 9.97. The Kier molecular flexibility index (Phi) is 6.65. The molecule has 1 saturated heterocycles. The van der Waals surface area contributed by atoms with Gasteiger partial charge in [-0.25, -0.2) is 4.79 Å². The first-order valence-electron chi connectivity index (χ1n) is 9.96. The van der Waals surface area contributed by atoms with Crippen LogP contribution in [0.25, 0.3) is 0 Å². The van der Waals surface area contributed by atoms with Crippen molar-refractivity contribution in [2.75, 3.05) is 23.4 Å². The van der Waals surface area contributed by atoms with E-state index in [1.165, 1.54) is 0 Å². The zero-order valence-corrected chi connectivity index (χ0v) is 16.8. The Labute approximate surface area is 170 Å². The zero-order chi connectivity index (χ0) is 20.8. The van der Waals surface area contributed by atoms with Crippen LogP contribution >= 0.6 is 0 Å². The van der Waals surface area contributed by atoms with Crippen LogP contribution in [0.2, 0.25) is 0 Å². The zero-order valence-electron chi connectivity index (χ0n) is 16.8. The fourth-order valence-corrected chi connectivity index (χ4v) is 3.44. The molecule has 6 nitrogen and oxygen atoms in total. The first-order valence-corrected chi connectivity index (χ1v) is 9.96. The normalized spacial score (nSPS) is 14.6. The van der Waals surface area contributed by atoms with Crippen molar-refractivity contribution in [3.05, 3.63) is 59.7 Å². The quantitative estimate of drug-likeness (QED) is 0.717. The molecule has 1 atom stereocenters. The van der Waals surface area contributed by atoms with E-state index >= 15 is 0 Å². The predicted octanol–water partition coefficient (Wildman–Crippen LogP) is 4.12. The summed E-state index contributed by atoms with van der Waals surface area (Å²) in [6.07, 6.45) is 2.19. The first kappa shape index (κ1) is 20.6. The molecule has 0 bridgehead atoms. The lowest BCUT2D eigenvalue weighted by Crippen LogP contribution is -2.27. The van der Waals surface area contributed by atoms with Crippen LogP contribution in [-0.4, -0.2) is 30.9 Å². The van der Waals surface area contributed by atoms with E-state index in [1.54, 1.807) is 29.2 Å². The Morgan fingerprint density at radius 1 is 1.14 bits per heavy atom. The van der Waals surface area contributed by atoms with Crippen LogP contribution in [-0.2, 0) is 14.3 Å². The van der Waals surface area contributed by atoms with Gasteiger partial charge in [-0.3, -0.25) is 9.59 Å². The van der Waals surface area contributed by atoms with Crippen LogP contribution in [0.3, 0.4) is 0 Å². The average molecular weight is 394 g/mol. The Balaban J connectivity index is 1.65. The number of carbonyl (C=O) groups is 3. The van der Waals surface area contributed by atoms with E-state index in [0.29, 0.717) is 24.6 Å². The summed E-state index contributed by atoms with van der Waals surface area (Å²) in [6.45, 7) is 4.38. The number of benzene rings is 2. The molecule has 152 valence electrons. The van der Waals surface area contributed by atoms with Gasteiger partial charge in [0.15, 0.2) is 6.61 Å². The van der Waals surface area contributed by atoms with E-state index in [2.05, 4.69) is 19.2 Å². The number of hydrogen-bond acceptors (Lipinski definition) is 4. The second-order valence-electron chi connectivity index (χ2n) is 7.19. The number of nitrogens with one attached hydrogen (secondary N) is 1. The van der Waals surface area contributed by atoms with Gasteiger partial charge in [0.05, 0.1) is 11.3 Å². The van der Waals surface area contributed by atoms with Gasteiger partial charge in [-0.2, -0.15) is 0 Å². The monoisotopic (exact) mass is 394 g/mol. The molecule has 1 N–H and O–H groups in total. The van der Waals surface area contributed by atoms with Crippen LogP contribution in [0.4, 0.5) is 11.4 Å². The van der Waals surface area contributed by atoms with Crippen LogP contribution in [0.15, 0.2) is 48.5 Å². The van der Waals surface area contributed by atoms with E-state index in [0.717, 1.165) is 24.1 Å². The van der Waals surface area contributed by atoms with Gasteiger partial charge in [0.1, 0.15) is 0 Å². The molecule has 0 saturated carbocycles. The van der Waals surface area contributed by atoms with Gasteiger partial charge in [0.2, 0.25) is 5.91 Å². The molecule has 0 unspecified atom stereocenters. The summed E-state index contributed by atoms with van der Waals surface area (Å²) in [7, 11) is 0. The molecule has 2 aromatic rings. The van der Waals surface area contributed by atoms with Gasteiger partial charge in [-0.05, 0) is 42.5 Å². The van der Waals surface area contributed by atoms with Crippen molar-refractivity contribution in [2.45, 2.75) is 39.0 Å². The summed E-state index contributed by atoms with van der Waals surface area (Å²) in [5, 5.41) is 2.83. The molecule has 0 aliphatic carbocycles. The summed E-state index contributed by atoms with van der Waals surface area (Å²) >= 11 is 0. The Morgan fingerprint density at radius 3 is 2.59 bits per heavy atom. The van der Waals surface area contributed by atoms with Gasteiger partial charge in [-0.15, -0.1) is 0 Å². The molecule has 29 heavy (non-hydrogen) atoms. The highest BCUT2D eigenvalue weighted by atomic mass is 16.5. The average Bonchev–Trinajstić information content (AvgIpc) is 3.17. The third-order valence-electron chi connectivity index (χ3n) is 5.20. The minimum Gasteiger partial charge on any atom is -0.452 e. The van der Waals surface area contributed by atoms with Crippen molar-refractivity contribution in [2.24, 2.45) is 0 Å². The maximum atomic E-state index is 12.6. The van der Waals surface area contributed by atoms with Crippen LogP contribution in [0.1, 0.15) is 54.9 Å². The van der Waals surface area contributed by atoms with Gasteiger partial charge < -0.3 is 15.0 Å². The lowest BCUT2D eigenvalue weighted by molar-refractivity contribution is -0.119. The number of para-hydroxylation sites is 2. The second-order valence-corrected chi connectivity index (χ2v) is 7.19. The van der Waals surface area contributed by atoms with Gasteiger partial charge in [0, 0.05) is 18.7 Å². The van der Waals surface area contributed by atoms with Gasteiger partial charge >= 0.3 is 5.97 Å². The fourth-order valence-electron chi connectivity index (χ4n) is 3.44. The molecule has 1 fully saturated rings. The van der Waals surface area contributed by atoms with E-state index in [4.69, 9.17) is 4.74 Å². The maximum absolute atomic E-state index is 12.6. The van der Waals surface area contributed by atoms with E-state index in [9.17, 15) is 14.4 Å². The maximum Gasteiger partial charge on any atom is 0.340 e. The molecule has 2 aromatic carbocycles. The van der Waals surface area contributed by atoms with Crippen molar-refractivity contribution in [3.8, 4) is 0 Å². The minimum absolute atomic E-state index is 0.00959. The standard InChI is InChI=1S/C23H26N2O4/c1-3-16(2)17-9-4-6-11-19(17)24-21(26)15-29-23(28)18-10-5-7-12-20(18)25-14-8-13-22(25)27/h4-7,9-12,16H,3,8,13-15H2,1-2H3,(H,24,26)/t16-/m0/s1. The van der Waals surface area contributed by atoms with Crippen molar-refractivity contribution in [3.63, 3.8) is 0 Å². The highest BCUT2D eigenvalue weighted by molar-refractivity contribution is 6.04. The third-order valence-corrected chi connectivity index (χ3v) is 5.20. The summed E-state index contributed by atoms with van der Waals surface area (Å²) < 4.78 is 5.24. The number of nitrogens with zero attached hydrogens (tertiary/aromatic N) is 1. The number of rotatable bonds is 7. The molecule has 0 aromatic heterocycles. The van der Waals surface area contributed by atoms with Crippen molar-refractivity contribution < 1.29 is 19.1 Å². The largest absolute Gasteiger partial charge is 0.452 e. The minimum atomic E-state index is -0.620. The number of esters is 1. The highest BCUT2D eigenvalue weighted by Gasteiger charge is 2.26. The molecule has 0 spiro atoms. The van der Waals surface area contributed by atoms with Gasteiger partial charge in [0.25, 0.3) is 5.91 Å². The predicted molar refractivity (Wildman–Crippen MR) is 112 cm³/mol. The van der Waals surface area contributed by atoms with Crippen LogP contribution in [0, 0.1) is 0 Å². The number of ether oxygens (including phenoxy) is 1. The third kappa shape index (κ3) is 4.83. The molecular weight excluding hydrogens is 368 g/mol. The SMILES string of the molecule is CC[C@H](C)c1ccccc1NC(=O)COC(=O)c1ccccc1N1CCCC1=O. The molecule has 2 amide bonds. The number of carbonyl (C=O) groups excluding carboxylic acids is 3. The van der Waals surface area contributed by atoms with E-state index in [1.807, 2.05) is 24.3 Å². The van der Waals surface area contributed by atoms with Gasteiger partial charge in [-0.1, -0.05) is 44.2 Å². The molecule has 1 heterocycles. The summed E-state index contributed by atoms with van der Waals surface area (Å²) in [6, 6.07) is 14.4.